The first-order chi connectivity index (χ1) is 16.0. The maximum atomic E-state index is 12.9. The van der Waals surface area contributed by atoms with E-state index in [1.165, 1.54) is 28.4 Å². The van der Waals surface area contributed by atoms with Crippen molar-refractivity contribution in [3.05, 3.63) is 70.0 Å². The molecule has 1 saturated heterocycles. The molecule has 0 aliphatic carbocycles. The minimum atomic E-state index is -0.513. The summed E-state index contributed by atoms with van der Waals surface area (Å²) in [5, 5.41) is 10.7. The number of nitriles is 1. The van der Waals surface area contributed by atoms with Gasteiger partial charge in [0.1, 0.15) is 28.5 Å². The van der Waals surface area contributed by atoms with Crippen LogP contribution in [0.5, 0.6) is 11.5 Å². The highest BCUT2D eigenvalue weighted by molar-refractivity contribution is 8.00. The summed E-state index contributed by atoms with van der Waals surface area (Å²) in [5.74, 6) is 1.64. The Morgan fingerprint density at radius 2 is 1.67 bits per heavy atom. The Balaban J connectivity index is 1.73. The second-order valence-electron chi connectivity index (χ2n) is 7.18. The quantitative estimate of drug-likeness (QED) is 0.594. The summed E-state index contributed by atoms with van der Waals surface area (Å²) in [7, 11) is 4.65. The molecule has 168 valence electrons. The number of nitrogens with zero attached hydrogens (tertiary/aromatic N) is 4. The Morgan fingerprint density at radius 3 is 2.24 bits per heavy atom. The Bertz CT molecular complexity index is 1280. The number of ether oxygens (including phenoxy) is 2. The monoisotopic (exact) mass is 463 g/mol. The van der Waals surface area contributed by atoms with Gasteiger partial charge in [-0.3, -0.25) is 19.6 Å². The van der Waals surface area contributed by atoms with E-state index in [2.05, 4.69) is 10.4 Å². The molecule has 4 rings (SSSR count). The van der Waals surface area contributed by atoms with Gasteiger partial charge >= 0.3 is 0 Å². The highest BCUT2D eigenvalue weighted by atomic mass is 32.2. The number of hydrogen-bond donors (Lipinski definition) is 1. The normalized spacial score (nSPS) is 15.3. The number of methoxy groups -OCH3 is 2. The third-order valence-electron chi connectivity index (χ3n) is 5.26. The molecule has 1 atom stereocenters. The van der Waals surface area contributed by atoms with Crippen molar-refractivity contribution in [2.75, 3.05) is 25.4 Å². The molecular formula is C23H21N5O4S. The molecule has 2 heterocycles. The van der Waals surface area contributed by atoms with Gasteiger partial charge in [0.15, 0.2) is 0 Å². The predicted octanol–water partition coefficient (Wildman–Crippen LogP) is 2.94. The van der Waals surface area contributed by atoms with Gasteiger partial charge in [0.25, 0.3) is 11.5 Å². The van der Waals surface area contributed by atoms with Crippen molar-refractivity contribution in [1.29, 1.82) is 5.26 Å². The second kappa shape index (κ2) is 9.26. The average molecular weight is 464 g/mol. The molecule has 1 N–H and O–H groups in total. The number of anilines is 1. The number of hydrazine groups is 1. The topological polar surface area (TPSA) is 109 Å². The van der Waals surface area contributed by atoms with Crippen LogP contribution in [0.3, 0.4) is 0 Å². The first-order valence-corrected chi connectivity index (χ1v) is 11.0. The van der Waals surface area contributed by atoms with Crippen LogP contribution in [0, 0.1) is 11.3 Å². The van der Waals surface area contributed by atoms with Crippen molar-refractivity contribution < 1.29 is 14.3 Å². The number of benzene rings is 2. The molecule has 0 saturated carbocycles. The number of aromatic nitrogens is 2. The minimum Gasteiger partial charge on any atom is -0.497 e. The van der Waals surface area contributed by atoms with Crippen LogP contribution in [0.15, 0.2) is 53.3 Å². The lowest BCUT2D eigenvalue weighted by Gasteiger charge is -2.26. The molecule has 1 aliphatic heterocycles. The number of thioether (sulfide) groups is 1. The minimum absolute atomic E-state index is 0.0814. The van der Waals surface area contributed by atoms with Crippen molar-refractivity contribution in [3.8, 4) is 28.8 Å². The Kier molecular flexibility index (Phi) is 6.24. The second-order valence-corrected chi connectivity index (χ2v) is 8.24. The fourth-order valence-electron chi connectivity index (χ4n) is 3.43. The van der Waals surface area contributed by atoms with Crippen LogP contribution in [0.4, 0.5) is 5.95 Å². The summed E-state index contributed by atoms with van der Waals surface area (Å²) in [6.07, 6.45) is 0. The van der Waals surface area contributed by atoms with Gasteiger partial charge in [0.2, 0.25) is 5.95 Å². The number of rotatable bonds is 6. The van der Waals surface area contributed by atoms with E-state index in [4.69, 9.17) is 9.47 Å². The van der Waals surface area contributed by atoms with Gasteiger partial charge in [-0.05, 0) is 42.0 Å². The van der Waals surface area contributed by atoms with E-state index in [9.17, 15) is 14.9 Å². The Labute approximate surface area is 194 Å². The molecule has 3 aromatic rings. The highest BCUT2D eigenvalue weighted by Gasteiger charge is 2.34. The summed E-state index contributed by atoms with van der Waals surface area (Å²) in [5.41, 5.74) is 4.13. The molecule has 0 bridgehead atoms. The molecule has 1 unspecified atom stereocenters. The van der Waals surface area contributed by atoms with E-state index >= 15 is 0 Å². The van der Waals surface area contributed by atoms with E-state index in [1.807, 2.05) is 30.3 Å². The van der Waals surface area contributed by atoms with Crippen LogP contribution in [-0.2, 0) is 11.8 Å². The summed E-state index contributed by atoms with van der Waals surface area (Å²) in [6, 6.07) is 16.3. The number of carbonyl (C=O) groups excluding carboxylic acids is 1. The van der Waals surface area contributed by atoms with Gasteiger partial charge in [0, 0.05) is 12.6 Å². The van der Waals surface area contributed by atoms with Crippen LogP contribution < -0.4 is 20.5 Å². The summed E-state index contributed by atoms with van der Waals surface area (Å²) < 4.78 is 11.6. The standard InChI is InChI=1S/C23H21N5O4S/c1-27-21(30)18(12-24)20(14-4-8-16(31-2)9-5-14)25-23(27)26-28-19(29)13-33-22(28)15-6-10-17(32-3)11-7-15/h4-11,22H,13H2,1-3H3,(H,25,26). The fraction of sp³-hybridized carbons (Fsp3) is 0.217. The number of amides is 1. The van der Waals surface area contributed by atoms with Gasteiger partial charge < -0.3 is 9.47 Å². The number of nitrogens with one attached hydrogen (secondary N) is 1. The third-order valence-corrected chi connectivity index (χ3v) is 6.47. The highest BCUT2D eigenvalue weighted by Crippen LogP contribution is 2.39. The largest absolute Gasteiger partial charge is 0.497 e. The first-order valence-electron chi connectivity index (χ1n) is 9.96. The lowest BCUT2D eigenvalue weighted by Crippen LogP contribution is -2.37. The van der Waals surface area contributed by atoms with Gasteiger partial charge in [0.05, 0.1) is 25.7 Å². The zero-order valence-electron chi connectivity index (χ0n) is 18.2. The van der Waals surface area contributed by atoms with Crippen LogP contribution in [-0.4, -0.2) is 40.4 Å². The zero-order valence-corrected chi connectivity index (χ0v) is 19.0. The van der Waals surface area contributed by atoms with Crippen LogP contribution in [0.1, 0.15) is 16.5 Å². The Hall–Kier alpha value is -3.97. The average Bonchev–Trinajstić information content (AvgIpc) is 3.21. The van der Waals surface area contributed by atoms with E-state index < -0.39 is 5.56 Å². The molecule has 0 radical (unpaired) electrons. The fourth-order valence-corrected chi connectivity index (χ4v) is 4.54. The van der Waals surface area contributed by atoms with E-state index in [1.54, 1.807) is 38.5 Å². The summed E-state index contributed by atoms with van der Waals surface area (Å²) in [6.45, 7) is 0. The molecule has 1 aliphatic rings. The number of hydrogen-bond acceptors (Lipinski definition) is 8. The van der Waals surface area contributed by atoms with Gasteiger partial charge in [-0.15, -0.1) is 11.8 Å². The lowest BCUT2D eigenvalue weighted by molar-refractivity contribution is -0.126. The van der Waals surface area contributed by atoms with Crippen LogP contribution >= 0.6 is 11.8 Å². The van der Waals surface area contributed by atoms with E-state index in [0.29, 0.717) is 17.1 Å². The van der Waals surface area contributed by atoms with Crippen molar-refractivity contribution in [2.24, 2.45) is 7.05 Å². The number of carbonyl (C=O) groups is 1. The molecule has 1 fully saturated rings. The van der Waals surface area contributed by atoms with Crippen molar-refractivity contribution in [2.45, 2.75) is 5.37 Å². The van der Waals surface area contributed by atoms with Gasteiger partial charge in [-0.1, -0.05) is 12.1 Å². The molecule has 10 heteroatoms. The summed E-state index contributed by atoms with van der Waals surface area (Å²) >= 11 is 1.46. The molecule has 1 amide bonds. The molecule has 2 aromatic carbocycles. The van der Waals surface area contributed by atoms with Gasteiger partial charge in [-0.2, -0.15) is 5.26 Å². The zero-order chi connectivity index (χ0) is 23.5. The maximum absolute atomic E-state index is 12.9. The van der Waals surface area contributed by atoms with Crippen molar-refractivity contribution >= 4 is 23.6 Å². The molecule has 0 spiro atoms. The molecule has 1 aromatic heterocycles. The van der Waals surface area contributed by atoms with Crippen molar-refractivity contribution in [3.63, 3.8) is 0 Å². The van der Waals surface area contributed by atoms with E-state index in [0.717, 1.165) is 5.56 Å². The first kappa shape index (κ1) is 22.2. The third kappa shape index (κ3) is 4.23. The predicted molar refractivity (Wildman–Crippen MR) is 125 cm³/mol. The smallest absolute Gasteiger partial charge is 0.273 e. The lowest BCUT2D eigenvalue weighted by atomic mass is 10.1. The van der Waals surface area contributed by atoms with Gasteiger partial charge in [-0.25, -0.2) is 9.99 Å². The Morgan fingerprint density at radius 1 is 1.06 bits per heavy atom. The van der Waals surface area contributed by atoms with Crippen LogP contribution in [0.2, 0.25) is 0 Å². The summed E-state index contributed by atoms with van der Waals surface area (Å²) in [4.78, 5) is 30.1. The molecule has 33 heavy (non-hydrogen) atoms. The molecule has 9 nitrogen and oxygen atoms in total. The van der Waals surface area contributed by atoms with Crippen molar-refractivity contribution in [1.82, 2.24) is 14.6 Å². The molecular weight excluding hydrogens is 442 g/mol. The maximum Gasteiger partial charge on any atom is 0.273 e. The van der Waals surface area contributed by atoms with Crippen LogP contribution in [0.25, 0.3) is 11.3 Å². The SMILES string of the molecule is COc1ccc(-c2nc(NN3C(=O)CSC3c3ccc(OC)cc3)n(C)c(=O)c2C#N)cc1. The van der Waals surface area contributed by atoms with E-state index in [-0.39, 0.29) is 34.2 Å².